The van der Waals surface area contributed by atoms with Crippen molar-refractivity contribution in [2.45, 2.75) is 35.5 Å². The van der Waals surface area contributed by atoms with Gasteiger partial charge in [-0.15, -0.1) is 16.9 Å². The molecule has 2 amide bonds. The number of nitrogens with one attached hydrogen (secondary N) is 2. The number of carbonyl (C=O) groups excluding carboxylic acids is 4. The molecule has 1 aromatic heterocycles. The lowest BCUT2D eigenvalue weighted by molar-refractivity contribution is -0.161. The van der Waals surface area contributed by atoms with E-state index in [0.717, 1.165) is 0 Å². The summed E-state index contributed by atoms with van der Waals surface area (Å²) in [5.74, 6) is -3.02. The van der Waals surface area contributed by atoms with Crippen molar-refractivity contribution < 1.29 is 53.9 Å². The summed E-state index contributed by atoms with van der Waals surface area (Å²) < 4.78 is 9.00. The summed E-state index contributed by atoms with van der Waals surface area (Å²) in [5.41, 5.74) is 6.99. The monoisotopic (exact) mass is 654 g/mol. The number of rotatable bonds is 12. The fourth-order valence-electron chi connectivity index (χ4n) is 3.84. The van der Waals surface area contributed by atoms with E-state index in [-0.39, 0.29) is 18.1 Å². The van der Waals surface area contributed by atoms with Crippen molar-refractivity contribution in [2.24, 2.45) is 5.73 Å². The van der Waals surface area contributed by atoms with Gasteiger partial charge in [0.2, 0.25) is 5.91 Å². The highest BCUT2D eigenvalue weighted by atomic mass is 32.2. The van der Waals surface area contributed by atoms with Crippen molar-refractivity contribution in [1.82, 2.24) is 25.6 Å². The van der Waals surface area contributed by atoms with E-state index < -0.39 is 66.5 Å². The Morgan fingerprint density at radius 2 is 1.89 bits per heavy atom. The zero-order chi connectivity index (χ0) is 32.4. The predicted molar refractivity (Wildman–Crippen MR) is 153 cm³/mol. The van der Waals surface area contributed by atoms with Crippen molar-refractivity contribution in [3.05, 3.63) is 47.3 Å². The molecule has 8 N–H and O–H groups in total. The summed E-state index contributed by atoms with van der Waals surface area (Å²) in [6, 6.07) is 3.98. The molecule has 1 fully saturated rings. The van der Waals surface area contributed by atoms with Gasteiger partial charge in [0.1, 0.15) is 59.9 Å². The van der Waals surface area contributed by atoms with Gasteiger partial charge in [-0.05, 0) is 30.2 Å². The highest BCUT2D eigenvalue weighted by molar-refractivity contribution is 8.01. The first-order chi connectivity index (χ1) is 21.0. The van der Waals surface area contributed by atoms with Gasteiger partial charge in [-0.3, -0.25) is 14.5 Å². The van der Waals surface area contributed by atoms with E-state index in [1.54, 1.807) is 0 Å². The quantitative estimate of drug-likeness (QED) is 0.0778. The first kappa shape index (κ1) is 34.3. The van der Waals surface area contributed by atoms with Gasteiger partial charge in [0.25, 0.3) is 5.91 Å². The lowest BCUT2D eigenvalue weighted by Crippen LogP contribution is -2.71. The number of aromatic amines is 1. The molecule has 2 aliphatic heterocycles. The number of H-pyrrole nitrogens is 1. The normalized spacial score (nSPS) is 18.5. The van der Waals surface area contributed by atoms with E-state index in [9.17, 15) is 34.2 Å². The van der Waals surface area contributed by atoms with Crippen LogP contribution < -0.4 is 11.1 Å². The van der Waals surface area contributed by atoms with Crippen LogP contribution in [0.4, 0.5) is 0 Å². The molecule has 238 valence electrons. The number of aromatic nitrogens is 3. The number of thioether (sulfide) groups is 2. The SMILES string of the molecule is CC(COC(=O)CO)OC(=O)CO.NC(C(=O)NC1C(=O)N2C(C(=O)O)=C(CSc3cn[nH]n3)CS[C@H]12)c1ccc(O)cc1. The average Bonchev–Trinajstić information content (AvgIpc) is 3.54. The molecule has 2 aliphatic rings. The van der Waals surface area contributed by atoms with Crippen LogP contribution in [0.2, 0.25) is 0 Å². The molecule has 0 aliphatic carbocycles. The molecule has 17 nitrogen and oxygen atoms in total. The highest BCUT2D eigenvalue weighted by Gasteiger charge is 2.54. The number of fused-ring (bicyclic) bond motifs is 1. The van der Waals surface area contributed by atoms with Crippen LogP contribution >= 0.6 is 23.5 Å². The molecule has 2 aromatic rings. The molecule has 1 aromatic carbocycles. The molecular formula is C25H30N6O11S2. The molecular weight excluding hydrogens is 624 g/mol. The molecule has 3 unspecified atom stereocenters. The molecule has 0 spiro atoms. The molecule has 19 heteroatoms. The number of carboxylic acid groups (broad SMARTS) is 1. The Hall–Kier alpha value is -4.17. The lowest BCUT2D eigenvalue weighted by atomic mass is 10.0. The number of aromatic hydroxyl groups is 1. The smallest absolute Gasteiger partial charge is 0.352 e. The third-order valence-corrected chi connectivity index (χ3v) is 8.26. The van der Waals surface area contributed by atoms with E-state index in [0.29, 0.717) is 27.7 Å². The third-order valence-electron chi connectivity index (χ3n) is 5.94. The molecule has 1 saturated heterocycles. The van der Waals surface area contributed by atoms with Gasteiger partial charge < -0.3 is 41.0 Å². The Bertz CT molecular complexity index is 1370. The average molecular weight is 655 g/mol. The number of amides is 2. The number of hydrogen-bond donors (Lipinski definition) is 7. The van der Waals surface area contributed by atoms with Gasteiger partial charge in [-0.2, -0.15) is 10.3 Å². The number of phenols is 1. The number of esters is 2. The Morgan fingerprint density at radius 3 is 2.48 bits per heavy atom. The number of nitrogens with two attached hydrogens (primary N) is 1. The number of aliphatic hydroxyl groups is 2. The van der Waals surface area contributed by atoms with E-state index in [1.807, 2.05) is 0 Å². The topological polar surface area (TPSA) is 268 Å². The number of carbonyl (C=O) groups is 5. The number of nitrogens with zero attached hydrogens (tertiary/aromatic N) is 3. The van der Waals surface area contributed by atoms with E-state index in [1.165, 1.54) is 65.8 Å². The summed E-state index contributed by atoms with van der Waals surface area (Å²) in [6.45, 7) is -0.0533. The third kappa shape index (κ3) is 8.92. The maximum Gasteiger partial charge on any atom is 0.352 e. The number of phenolic OH excluding ortho intramolecular Hbond substituents is 1. The standard InChI is InChI=1S/C18H18N6O5S2.C7H12O6/c19-12(8-1-3-10(25)4-2-8)15(26)21-13-16(27)24-14(18(28)29)9(7-31-17(13)24)6-30-11-5-20-23-22-11;1-5(13-7(11)3-9)4-12-6(10)2-8/h1-5,12-13,17,25H,6-7,19H2,(H,21,26)(H,28,29)(H,20,22,23);5,8-9H,2-4H2,1H3/t12?,13?,17-;/m1./s1. The van der Waals surface area contributed by atoms with Crippen LogP contribution in [0, 0.1) is 0 Å². The Morgan fingerprint density at radius 1 is 1.20 bits per heavy atom. The van der Waals surface area contributed by atoms with E-state index in [2.05, 4.69) is 30.2 Å². The maximum absolute atomic E-state index is 12.7. The van der Waals surface area contributed by atoms with Crippen LogP contribution in [0.25, 0.3) is 0 Å². The molecule has 3 heterocycles. The minimum Gasteiger partial charge on any atom is -0.508 e. The van der Waals surface area contributed by atoms with Crippen LogP contribution in [0.1, 0.15) is 18.5 Å². The van der Waals surface area contributed by atoms with Crippen LogP contribution in [0.5, 0.6) is 5.75 Å². The van der Waals surface area contributed by atoms with E-state index >= 15 is 0 Å². The van der Waals surface area contributed by atoms with Crippen molar-refractivity contribution in [3.63, 3.8) is 0 Å². The lowest BCUT2D eigenvalue weighted by Gasteiger charge is -2.49. The Balaban J connectivity index is 0.000000345. The number of carboxylic acids is 1. The molecule has 0 radical (unpaired) electrons. The van der Waals surface area contributed by atoms with Crippen LogP contribution in [0.3, 0.4) is 0 Å². The number of ether oxygens (including phenoxy) is 2. The second-order valence-electron chi connectivity index (χ2n) is 9.12. The minimum absolute atomic E-state index is 0.0466. The first-order valence-electron chi connectivity index (χ1n) is 12.8. The van der Waals surface area contributed by atoms with Gasteiger partial charge in [-0.25, -0.2) is 14.4 Å². The molecule has 0 saturated carbocycles. The van der Waals surface area contributed by atoms with Crippen molar-refractivity contribution >= 4 is 53.2 Å². The van der Waals surface area contributed by atoms with Crippen molar-refractivity contribution in [2.75, 3.05) is 31.3 Å². The zero-order valence-electron chi connectivity index (χ0n) is 23.1. The highest BCUT2D eigenvalue weighted by Crippen LogP contribution is 2.41. The largest absolute Gasteiger partial charge is 0.508 e. The summed E-state index contributed by atoms with van der Waals surface area (Å²) in [5, 5.41) is 48.4. The summed E-state index contributed by atoms with van der Waals surface area (Å²) in [6.07, 6.45) is 0.900. The fraction of sp³-hybridized carbons (Fsp3) is 0.400. The maximum atomic E-state index is 12.7. The Kier molecular flexibility index (Phi) is 12.5. The summed E-state index contributed by atoms with van der Waals surface area (Å²) in [4.78, 5) is 59.2. The predicted octanol–water partition coefficient (Wildman–Crippen LogP) is -1.51. The van der Waals surface area contributed by atoms with Crippen molar-refractivity contribution in [1.29, 1.82) is 0 Å². The number of hydrogen-bond acceptors (Lipinski definition) is 15. The molecule has 4 rings (SSSR count). The molecule has 4 atom stereocenters. The Labute approximate surface area is 258 Å². The number of β-lactam (4-membered cyclic amide) rings is 1. The van der Waals surface area contributed by atoms with Gasteiger partial charge in [-0.1, -0.05) is 23.9 Å². The van der Waals surface area contributed by atoms with Gasteiger partial charge in [0, 0.05) is 11.5 Å². The van der Waals surface area contributed by atoms with Crippen molar-refractivity contribution in [3.8, 4) is 5.75 Å². The van der Waals surface area contributed by atoms with Gasteiger partial charge >= 0.3 is 17.9 Å². The molecule has 44 heavy (non-hydrogen) atoms. The number of aliphatic carboxylic acids is 1. The van der Waals surface area contributed by atoms with Gasteiger partial charge in [0.15, 0.2) is 0 Å². The summed E-state index contributed by atoms with van der Waals surface area (Å²) in [7, 11) is 0. The van der Waals surface area contributed by atoms with Crippen LogP contribution in [-0.4, -0.2) is 119 Å². The van der Waals surface area contributed by atoms with Crippen LogP contribution in [-0.2, 0) is 33.4 Å². The zero-order valence-corrected chi connectivity index (χ0v) is 24.7. The number of aliphatic hydroxyl groups excluding tert-OH is 2. The van der Waals surface area contributed by atoms with E-state index in [4.69, 9.17) is 15.9 Å². The second-order valence-corrected chi connectivity index (χ2v) is 11.2. The molecule has 0 bridgehead atoms. The summed E-state index contributed by atoms with van der Waals surface area (Å²) >= 11 is 2.70. The minimum atomic E-state index is -1.19. The number of benzene rings is 1. The first-order valence-corrected chi connectivity index (χ1v) is 14.8. The second kappa shape index (κ2) is 16.1. The van der Waals surface area contributed by atoms with Gasteiger partial charge in [0.05, 0.1) is 6.20 Å². The fourth-order valence-corrected chi connectivity index (χ4v) is 6.11. The van der Waals surface area contributed by atoms with Crippen LogP contribution in [0.15, 0.2) is 46.8 Å².